The molecule has 0 unspecified atom stereocenters. The summed E-state index contributed by atoms with van der Waals surface area (Å²) >= 11 is 0. The number of benzene rings is 2. The molecule has 0 spiro atoms. The van der Waals surface area contributed by atoms with E-state index in [1.165, 1.54) is 18.3 Å². The van der Waals surface area contributed by atoms with Gasteiger partial charge in [-0.05, 0) is 75.1 Å². The van der Waals surface area contributed by atoms with E-state index in [0.29, 0.717) is 29.9 Å². The molecule has 0 bridgehead atoms. The number of carbonyl (C=O) groups excluding carboxylic acids is 2. The Labute approximate surface area is 213 Å². The molecule has 1 aromatic heterocycles. The molecule has 0 atom stereocenters. The first-order valence-corrected chi connectivity index (χ1v) is 11.5. The molecule has 0 aliphatic rings. The summed E-state index contributed by atoms with van der Waals surface area (Å²) in [6.45, 7) is 1.34. The second kappa shape index (κ2) is 12.2. The van der Waals surface area contributed by atoms with Gasteiger partial charge in [0.2, 0.25) is 0 Å². The molecule has 1 heterocycles. The van der Waals surface area contributed by atoms with Crippen LogP contribution in [-0.2, 0) is 12.7 Å². The highest BCUT2D eigenvalue weighted by Gasteiger charge is 2.30. The van der Waals surface area contributed by atoms with Crippen molar-refractivity contribution in [3.63, 3.8) is 0 Å². The summed E-state index contributed by atoms with van der Waals surface area (Å²) in [5.74, 6) is -0.424. The zero-order valence-electron chi connectivity index (χ0n) is 20.5. The second-order valence-corrected chi connectivity index (χ2v) is 8.68. The molecule has 3 rings (SSSR count). The van der Waals surface area contributed by atoms with Gasteiger partial charge in [-0.15, -0.1) is 0 Å². The van der Waals surface area contributed by atoms with Crippen LogP contribution in [0.1, 0.15) is 28.0 Å². The number of nitrogens with zero attached hydrogens (tertiary/aromatic N) is 3. The second-order valence-electron chi connectivity index (χ2n) is 8.68. The standard InChI is InChI=1S/C26H29F3N6O2/c1-34(2)14-5-15-35(25(37)32-20-11-9-19(10-12-20)26(27,28)29)17-18-8-13-23(31-16-18)24(36)33-22-7-4-3-6-21(22)30/h3-4,6-13,16H,5,14-15,17,30H2,1-2H3,(H,32,37)(H,33,36). The molecule has 0 radical (unpaired) electrons. The van der Waals surface area contributed by atoms with Crippen LogP contribution in [0.5, 0.6) is 0 Å². The van der Waals surface area contributed by atoms with Gasteiger partial charge in [0, 0.05) is 25.0 Å². The van der Waals surface area contributed by atoms with Crippen LogP contribution in [0.4, 0.5) is 35.0 Å². The first kappa shape index (κ1) is 27.5. The highest BCUT2D eigenvalue weighted by molar-refractivity contribution is 6.04. The van der Waals surface area contributed by atoms with Gasteiger partial charge in [0.15, 0.2) is 0 Å². The summed E-state index contributed by atoms with van der Waals surface area (Å²) in [6.07, 6.45) is -2.27. The summed E-state index contributed by atoms with van der Waals surface area (Å²) in [6, 6.07) is 13.9. The number of aromatic nitrogens is 1. The van der Waals surface area contributed by atoms with Crippen molar-refractivity contribution < 1.29 is 22.8 Å². The van der Waals surface area contributed by atoms with Gasteiger partial charge in [0.1, 0.15) is 5.69 Å². The molecular weight excluding hydrogens is 485 g/mol. The fraction of sp³-hybridized carbons (Fsp3) is 0.269. The van der Waals surface area contributed by atoms with Crippen LogP contribution < -0.4 is 16.4 Å². The lowest BCUT2D eigenvalue weighted by atomic mass is 10.2. The zero-order chi connectivity index (χ0) is 27.0. The molecule has 0 aliphatic heterocycles. The van der Waals surface area contributed by atoms with Gasteiger partial charge in [0.05, 0.1) is 16.9 Å². The van der Waals surface area contributed by atoms with Crippen LogP contribution in [0.25, 0.3) is 0 Å². The van der Waals surface area contributed by atoms with Crippen LogP contribution in [0, 0.1) is 0 Å². The number of para-hydroxylation sites is 2. The number of amides is 3. The van der Waals surface area contributed by atoms with E-state index < -0.39 is 23.7 Å². The fourth-order valence-corrected chi connectivity index (χ4v) is 3.45. The summed E-state index contributed by atoms with van der Waals surface area (Å²) in [5, 5.41) is 5.36. The number of alkyl halides is 3. The molecule has 0 saturated heterocycles. The monoisotopic (exact) mass is 514 g/mol. The van der Waals surface area contributed by atoms with E-state index in [4.69, 9.17) is 5.73 Å². The molecule has 11 heteroatoms. The molecular formula is C26H29F3N6O2. The molecule has 37 heavy (non-hydrogen) atoms. The van der Waals surface area contributed by atoms with Gasteiger partial charge >= 0.3 is 12.2 Å². The van der Waals surface area contributed by atoms with Crippen LogP contribution in [0.15, 0.2) is 66.9 Å². The summed E-state index contributed by atoms with van der Waals surface area (Å²) in [5.41, 5.74) is 7.09. The lowest BCUT2D eigenvalue weighted by molar-refractivity contribution is -0.137. The maximum atomic E-state index is 13.0. The first-order chi connectivity index (χ1) is 17.5. The topological polar surface area (TPSA) is 104 Å². The molecule has 0 fully saturated rings. The third kappa shape index (κ3) is 8.21. The molecule has 0 saturated carbocycles. The van der Waals surface area contributed by atoms with E-state index in [0.717, 1.165) is 18.7 Å². The van der Waals surface area contributed by atoms with E-state index in [9.17, 15) is 22.8 Å². The van der Waals surface area contributed by atoms with E-state index in [1.807, 2.05) is 19.0 Å². The number of urea groups is 1. The number of rotatable bonds is 9. The lowest BCUT2D eigenvalue weighted by Crippen LogP contribution is -2.36. The van der Waals surface area contributed by atoms with Crippen molar-refractivity contribution in [1.29, 1.82) is 0 Å². The molecule has 0 aliphatic carbocycles. The van der Waals surface area contributed by atoms with Gasteiger partial charge in [-0.1, -0.05) is 18.2 Å². The van der Waals surface area contributed by atoms with Crippen LogP contribution in [0.2, 0.25) is 0 Å². The third-order valence-corrected chi connectivity index (χ3v) is 5.42. The average molecular weight is 515 g/mol. The summed E-state index contributed by atoms with van der Waals surface area (Å²) in [4.78, 5) is 33.2. The van der Waals surface area contributed by atoms with Crippen molar-refractivity contribution in [2.24, 2.45) is 0 Å². The Morgan fingerprint density at radius 3 is 2.24 bits per heavy atom. The number of carbonyl (C=O) groups is 2. The van der Waals surface area contributed by atoms with Crippen LogP contribution in [0.3, 0.4) is 0 Å². The van der Waals surface area contributed by atoms with E-state index in [1.54, 1.807) is 41.3 Å². The molecule has 3 aromatic rings. The van der Waals surface area contributed by atoms with Gasteiger partial charge in [-0.25, -0.2) is 4.79 Å². The molecule has 2 aromatic carbocycles. The van der Waals surface area contributed by atoms with Crippen molar-refractivity contribution in [3.8, 4) is 0 Å². The van der Waals surface area contributed by atoms with E-state index in [-0.39, 0.29) is 17.9 Å². The Bertz CT molecular complexity index is 1200. The number of pyridine rings is 1. The van der Waals surface area contributed by atoms with Gasteiger partial charge in [-0.2, -0.15) is 13.2 Å². The minimum atomic E-state index is -4.45. The van der Waals surface area contributed by atoms with Crippen molar-refractivity contribution in [1.82, 2.24) is 14.8 Å². The number of anilines is 3. The third-order valence-electron chi connectivity index (χ3n) is 5.42. The summed E-state index contributed by atoms with van der Waals surface area (Å²) in [7, 11) is 3.84. The molecule has 3 amide bonds. The van der Waals surface area contributed by atoms with Crippen molar-refractivity contribution >= 4 is 29.0 Å². The fourth-order valence-electron chi connectivity index (χ4n) is 3.45. The predicted octanol–water partition coefficient (Wildman–Crippen LogP) is 4.92. The minimum Gasteiger partial charge on any atom is -0.397 e. The van der Waals surface area contributed by atoms with Crippen molar-refractivity contribution in [2.75, 3.05) is 43.6 Å². The number of hydrogen-bond acceptors (Lipinski definition) is 5. The predicted molar refractivity (Wildman–Crippen MR) is 137 cm³/mol. The highest BCUT2D eigenvalue weighted by atomic mass is 19.4. The van der Waals surface area contributed by atoms with E-state index >= 15 is 0 Å². The van der Waals surface area contributed by atoms with Gasteiger partial charge < -0.3 is 26.2 Å². The largest absolute Gasteiger partial charge is 0.416 e. The first-order valence-electron chi connectivity index (χ1n) is 11.5. The number of nitrogens with two attached hydrogens (primary N) is 1. The lowest BCUT2D eigenvalue weighted by Gasteiger charge is -2.24. The van der Waals surface area contributed by atoms with Crippen molar-refractivity contribution in [3.05, 3.63) is 83.7 Å². The smallest absolute Gasteiger partial charge is 0.397 e. The highest BCUT2D eigenvalue weighted by Crippen LogP contribution is 2.30. The van der Waals surface area contributed by atoms with Crippen molar-refractivity contribution in [2.45, 2.75) is 19.1 Å². The Morgan fingerprint density at radius 1 is 0.946 bits per heavy atom. The quantitative estimate of drug-likeness (QED) is 0.352. The molecule has 4 N–H and O–H groups in total. The van der Waals surface area contributed by atoms with Gasteiger partial charge in [-0.3, -0.25) is 9.78 Å². The number of hydrogen-bond donors (Lipinski definition) is 3. The Hall–Kier alpha value is -4.12. The Morgan fingerprint density at radius 2 is 1.65 bits per heavy atom. The maximum Gasteiger partial charge on any atom is 0.416 e. The summed E-state index contributed by atoms with van der Waals surface area (Å²) < 4.78 is 38.5. The van der Waals surface area contributed by atoms with Crippen LogP contribution in [-0.4, -0.2) is 53.9 Å². The van der Waals surface area contributed by atoms with Gasteiger partial charge in [0.25, 0.3) is 5.91 Å². The zero-order valence-corrected chi connectivity index (χ0v) is 20.5. The molecule has 196 valence electrons. The van der Waals surface area contributed by atoms with E-state index in [2.05, 4.69) is 15.6 Å². The number of nitrogen functional groups attached to an aromatic ring is 1. The Balaban J connectivity index is 1.68. The maximum absolute atomic E-state index is 13.0. The normalized spacial score (nSPS) is 11.3. The minimum absolute atomic E-state index is 0.181. The number of halogens is 3. The average Bonchev–Trinajstić information content (AvgIpc) is 2.84. The Kier molecular flexibility index (Phi) is 9.07. The number of nitrogens with one attached hydrogen (secondary N) is 2. The van der Waals surface area contributed by atoms with Crippen LogP contribution >= 0.6 is 0 Å². The SMILES string of the molecule is CN(C)CCCN(Cc1ccc(C(=O)Nc2ccccc2N)nc1)C(=O)Nc1ccc(C(F)(F)F)cc1. The molecule has 8 nitrogen and oxygen atoms in total.